The summed E-state index contributed by atoms with van der Waals surface area (Å²) in [5, 5.41) is 3.61. The number of amides is 2. The molecule has 3 rings (SSSR count). The number of nitrogens with one attached hydrogen (secondary N) is 1. The van der Waals surface area contributed by atoms with Crippen LogP contribution in [0.25, 0.3) is 0 Å². The van der Waals surface area contributed by atoms with E-state index in [0.717, 1.165) is 5.69 Å². The summed E-state index contributed by atoms with van der Waals surface area (Å²) >= 11 is 5.91. The third-order valence-electron chi connectivity index (χ3n) is 4.91. The maximum absolute atomic E-state index is 12.4. The molecule has 1 aliphatic heterocycles. The summed E-state index contributed by atoms with van der Waals surface area (Å²) in [4.78, 5) is 26.5. The Kier molecular flexibility index (Phi) is 5.56. The van der Waals surface area contributed by atoms with Crippen molar-refractivity contribution in [1.82, 2.24) is 5.32 Å². The summed E-state index contributed by atoms with van der Waals surface area (Å²) in [6, 6.07) is 15.0. The molecule has 1 heterocycles. The number of hydrogen-bond donors (Lipinski definition) is 1. The van der Waals surface area contributed by atoms with Crippen molar-refractivity contribution in [3.63, 3.8) is 0 Å². The Morgan fingerprint density at radius 2 is 1.74 bits per heavy atom. The van der Waals surface area contributed by atoms with Crippen LogP contribution in [0.3, 0.4) is 0 Å². The summed E-state index contributed by atoms with van der Waals surface area (Å²) in [6.07, 6.45) is 0.436. The second kappa shape index (κ2) is 7.73. The van der Waals surface area contributed by atoms with Crippen LogP contribution in [0.4, 0.5) is 5.69 Å². The topological polar surface area (TPSA) is 49.4 Å². The molecule has 0 saturated carbocycles. The standard InChI is InChI=1S/C22H25ClN2O2/c1-22(2,3)17-6-4-16(5-7-17)21(27)24-13-15-12-20(26)25(14-15)19-10-8-18(23)9-11-19/h4-11,15H,12-14H2,1-3H3,(H,24,27). The average molecular weight is 385 g/mol. The van der Waals surface area contributed by atoms with E-state index in [-0.39, 0.29) is 23.1 Å². The third-order valence-corrected chi connectivity index (χ3v) is 5.16. The quantitative estimate of drug-likeness (QED) is 0.848. The second-order valence-corrected chi connectivity index (χ2v) is 8.52. The molecule has 142 valence electrons. The molecule has 2 aromatic rings. The Morgan fingerprint density at radius 3 is 2.33 bits per heavy atom. The first-order valence-corrected chi connectivity index (χ1v) is 9.56. The molecule has 0 bridgehead atoms. The van der Waals surface area contributed by atoms with Crippen molar-refractivity contribution < 1.29 is 9.59 Å². The number of carbonyl (C=O) groups is 2. The van der Waals surface area contributed by atoms with Crippen molar-refractivity contribution >= 4 is 29.1 Å². The molecular formula is C22H25ClN2O2. The maximum Gasteiger partial charge on any atom is 0.251 e. The first-order valence-electron chi connectivity index (χ1n) is 9.19. The highest BCUT2D eigenvalue weighted by molar-refractivity contribution is 6.30. The van der Waals surface area contributed by atoms with Crippen LogP contribution < -0.4 is 10.2 Å². The molecular weight excluding hydrogens is 360 g/mol. The van der Waals surface area contributed by atoms with E-state index < -0.39 is 0 Å². The van der Waals surface area contributed by atoms with Gasteiger partial charge in [-0.1, -0.05) is 44.5 Å². The van der Waals surface area contributed by atoms with Gasteiger partial charge in [-0.15, -0.1) is 0 Å². The highest BCUT2D eigenvalue weighted by Gasteiger charge is 2.30. The fraction of sp³-hybridized carbons (Fsp3) is 0.364. The van der Waals surface area contributed by atoms with E-state index in [1.54, 1.807) is 17.0 Å². The fourth-order valence-electron chi connectivity index (χ4n) is 3.25. The lowest BCUT2D eigenvalue weighted by molar-refractivity contribution is -0.117. The van der Waals surface area contributed by atoms with Gasteiger partial charge in [0.1, 0.15) is 0 Å². The van der Waals surface area contributed by atoms with E-state index in [1.807, 2.05) is 36.4 Å². The van der Waals surface area contributed by atoms with E-state index in [1.165, 1.54) is 5.56 Å². The van der Waals surface area contributed by atoms with Crippen LogP contribution in [-0.4, -0.2) is 24.9 Å². The van der Waals surface area contributed by atoms with Gasteiger partial charge >= 0.3 is 0 Å². The molecule has 2 aromatic carbocycles. The summed E-state index contributed by atoms with van der Waals surface area (Å²) in [6.45, 7) is 7.52. The minimum atomic E-state index is -0.104. The molecule has 0 radical (unpaired) electrons. The summed E-state index contributed by atoms with van der Waals surface area (Å²) < 4.78 is 0. The Bertz CT molecular complexity index is 823. The molecule has 0 spiro atoms. The van der Waals surface area contributed by atoms with E-state index >= 15 is 0 Å². The van der Waals surface area contributed by atoms with Gasteiger partial charge in [-0.25, -0.2) is 0 Å². The van der Waals surface area contributed by atoms with Gasteiger partial charge in [0, 0.05) is 41.7 Å². The largest absolute Gasteiger partial charge is 0.352 e. The van der Waals surface area contributed by atoms with Gasteiger partial charge in [0.05, 0.1) is 0 Å². The Morgan fingerprint density at radius 1 is 1.11 bits per heavy atom. The van der Waals surface area contributed by atoms with Crippen LogP contribution in [0, 0.1) is 5.92 Å². The molecule has 1 unspecified atom stereocenters. The van der Waals surface area contributed by atoms with Gasteiger partial charge in [0.2, 0.25) is 5.91 Å². The number of anilines is 1. The van der Waals surface area contributed by atoms with Gasteiger partial charge in [-0.3, -0.25) is 9.59 Å². The van der Waals surface area contributed by atoms with Crippen molar-refractivity contribution in [2.75, 3.05) is 18.0 Å². The maximum atomic E-state index is 12.4. The van der Waals surface area contributed by atoms with Gasteiger partial charge in [-0.05, 0) is 47.4 Å². The lowest BCUT2D eigenvalue weighted by Gasteiger charge is -2.19. The van der Waals surface area contributed by atoms with Crippen molar-refractivity contribution in [2.45, 2.75) is 32.6 Å². The molecule has 1 aliphatic rings. The normalized spacial score (nSPS) is 17.3. The van der Waals surface area contributed by atoms with Gasteiger partial charge in [-0.2, -0.15) is 0 Å². The SMILES string of the molecule is CC(C)(C)c1ccc(C(=O)NCC2CC(=O)N(c3ccc(Cl)cc3)C2)cc1. The lowest BCUT2D eigenvalue weighted by atomic mass is 9.87. The van der Waals surface area contributed by atoms with Gasteiger partial charge in [0.15, 0.2) is 0 Å². The minimum absolute atomic E-state index is 0.0599. The highest BCUT2D eigenvalue weighted by Crippen LogP contribution is 2.26. The average Bonchev–Trinajstić information content (AvgIpc) is 3.00. The molecule has 2 amide bonds. The molecule has 1 N–H and O–H groups in total. The number of halogens is 1. The predicted molar refractivity (Wildman–Crippen MR) is 109 cm³/mol. The zero-order valence-corrected chi connectivity index (χ0v) is 16.7. The zero-order valence-electron chi connectivity index (χ0n) is 16.0. The first kappa shape index (κ1) is 19.4. The summed E-state index contributed by atoms with van der Waals surface area (Å²) in [5.41, 5.74) is 2.74. The van der Waals surface area contributed by atoms with Crippen molar-refractivity contribution in [1.29, 1.82) is 0 Å². The van der Waals surface area contributed by atoms with Crippen LogP contribution in [0.15, 0.2) is 48.5 Å². The number of carbonyl (C=O) groups excluding carboxylic acids is 2. The monoisotopic (exact) mass is 384 g/mol. The van der Waals surface area contributed by atoms with Crippen LogP contribution in [0.1, 0.15) is 43.1 Å². The van der Waals surface area contributed by atoms with Crippen molar-refractivity contribution in [3.8, 4) is 0 Å². The number of rotatable bonds is 4. The van der Waals surface area contributed by atoms with Crippen LogP contribution in [0.5, 0.6) is 0 Å². The molecule has 0 aliphatic carbocycles. The zero-order chi connectivity index (χ0) is 19.6. The second-order valence-electron chi connectivity index (χ2n) is 8.09. The van der Waals surface area contributed by atoms with E-state index in [4.69, 9.17) is 11.6 Å². The molecule has 4 nitrogen and oxygen atoms in total. The summed E-state index contributed by atoms with van der Waals surface area (Å²) in [5.74, 6) is 0.0740. The van der Waals surface area contributed by atoms with Crippen molar-refractivity contribution in [3.05, 3.63) is 64.7 Å². The number of hydrogen-bond acceptors (Lipinski definition) is 2. The van der Waals surface area contributed by atoms with E-state index in [0.29, 0.717) is 30.1 Å². The van der Waals surface area contributed by atoms with E-state index in [9.17, 15) is 9.59 Å². The lowest BCUT2D eigenvalue weighted by Crippen LogP contribution is -2.31. The molecule has 27 heavy (non-hydrogen) atoms. The van der Waals surface area contributed by atoms with Crippen LogP contribution in [0.2, 0.25) is 5.02 Å². The van der Waals surface area contributed by atoms with Gasteiger partial charge in [0.25, 0.3) is 5.91 Å². The van der Waals surface area contributed by atoms with Gasteiger partial charge < -0.3 is 10.2 Å². The fourth-order valence-corrected chi connectivity index (χ4v) is 3.38. The van der Waals surface area contributed by atoms with Crippen LogP contribution >= 0.6 is 11.6 Å². The highest BCUT2D eigenvalue weighted by atomic mass is 35.5. The molecule has 1 fully saturated rings. The van der Waals surface area contributed by atoms with Crippen molar-refractivity contribution in [2.24, 2.45) is 5.92 Å². The molecule has 0 aromatic heterocycles. The molecule has 1 atom stereocenters. The predicted octanol–water partition coefficient (Wildman–Crippen LogP) is 4.42. The minimum Gasteiger partial charge on any atom is -0.352 e. The number of benzene rings is 2. The van der Waals surface area contributed by atoms with Crippen LogP contribution in [-0.2, 0) is 10.2 Å². The first-order chi connectivity index (χ1) is 12.7. The number of nitrogens with zero attached hydrogens (tertiary/aromatic N) is 1. The molecule has 1 saturated heterocycles. The smallest absolute Gasteiger partial charge is 0.251 e. The third kappa shape index (κ3) is 4.69. The van der Waals surface area contributed by atoms with E-state index in [2.05, 4.69) is 26.1 Å². The molecule has 5 heteroatoms. The Balaban J connectivity index is 1.56. The Hall–Kier alpha value is -2.33. The summed E-state index contributed by atoms with van der Waals surface area (Å²) in [7, 11) is 0. The Labute approximate surface area is 165 Å².